The first-order valence-corrected chi connectivity index (χ1v) is 13.4. The van der Waals surface area contributed by atoms with Crippen LogP contribution >= 0.6 is 0 Å². The molecular weight excluding hydrogens is 468 g/mol. The summed E-state index contributed by atoms with van der Waals surface area (Å²) in [4.78, 5) is 38.7. The lowest BCUT2D eigenvalue weighted by Crippen LogP contribution is -2.44. The van der Waals surface area contributed by atoms with Gasteiger partial charge in [0.15, 0.2) is 5.60 Å². The number of aliphatic hydroxyl groups is 1. The summed E-state index contributed by atoms with van der Waals surface area (Å²) in [7, 11) is 0. The van der Waals surface area contributed by atoms with Crippen LogP contribution in [0.3, 0.4) is 0 Å². The summed E-state index contributed by atoms with van der Waals surface area (Å²) in [6.07, 6.45) is 5.27. The van der Waals surface area contributed by atoms with Crippen molar-refractivity contribution >= 4 is 34.1 Å². The summed E-state index contributed by atoms with van der Waals surface area (Å²) in [5.41, 5.74) is 3.80. The number of pyridine rings is 2. The molecule has 1 aromatic carbocycles. The number of hydrogen-bond donors (Lipinski definition) is 1. The van der Waals surface area contributed by atoms with E-state index in [2.05, 4.69) is 18.7 Å². The number of nitrogens with zero attached hydrogens (tertiary/aromatic N) is 4. The molecule has 1 atom stereocenters. The molecule has 6 rings (SSSR count). The predicted molar refractivity (Wildman–Crippen MR) is 143 cm³/mol. The maximum absolute atomic E-state index is 13.7. The van der Waals surface area contributed by atoms with E-state index in [1.807, 2.05) is 18.2 Å². The van der Waals surface area contributed by atoms with E-state index in [9.17, 15) is 14.7 Å². The number of fused-ring (bicyclic) bond motifs is 5. The Kier molecular flexibility index (Phi) is 5.67. The van der Waals surface area contributed by atoms with Gasteiger partial charge in [0.25, 0.3) is 5.56 Å². The van der Waals surface area contributed by atoms with Crippen LogP contribution < -0.4 is 10.5 Å². The van der Waals surface area contributed by atoms with E-state index in [1.54, 1.807) is 17.6 Å². The van der Waals surface area contributed by atoms with Gasteiger partial charge in [-0.25, -0.2) is 14.8 Å². The van der Waals surface area contributed by atoms with Gasteiger partial charge in [-0.3, -0.25) is 4.79 Å². The SMILES string of the molecule is CCCCCN1C(CCC)=Nc2cccc3nc4c(c1c23)Cn1c-4cc2c(c1=O)COC(=O)C2(O)CC. The van der Waals surface area contributed by atoms with Crippen molar-refractivity contribution in [1.82, 2.24) is 9.55 Å². The number of benzene rings is 1. The highest BCUT2D eigenvalue weighted by Crippen LogP contribution is 2.47. The molecule has 37 heavy (non-hydrogen) atoms. The monoisotopic (exact) mass is 500 g/mol. The third-order valence-corrected chi connectivity index (χ3v) is 7.95. The van der Waals surface area contributed by atoms with Gasteiger partial charge in [0.2, 0.25) is 0 Å². The Morgan fingerprint density at radius 1 is 1.11 bits per heavy atom. The molecule has 0 aliphatic carbocycles. The molecule has 0 saturated carbocycles. The molecule has 0 saturated heterocycles. The number of carbonyl (C=O) groups excluding carboxylic acids is 1. The minimum absolute atomic E-state index is 0.121. The minimum atomic E-state index is -1.84. The highest BCUT2D eigenvalue weighted by molar-refractivity contribution is 6.16. The lowest BCUT2D eigenvalue weighted by atomic mass is 9.86. The fourth-order valence-corrected chi connectivity index (χ4v) is 5.98. The second-order valence-corrected chi connectivity index (χ2v) is 10.2. The Morgan fingerprint density at radius 3 is 2.70 bits per heavy atom. The molecule has 0 amide bonds. The normalized spacial score (nSPS) is 19.4. The molecule has 0 spiro atoms. The molecule has 1 N–H and O–H groups in total. The number of carbonyl (C=O) groups is 1. The topological polar surface area (TPSA) is 97.0 Å². The minimum Gasteiger partial charge on any atom is -0.458 e. The third-order valence-electron chi connectivity index (χ3n) is 7.95. The van der Waals surface area contributed by atoms with E-state index >= 15 is 0 Å². The molecule has 8 heteroatoms. The third kappa shape index (κ3) is 3.38. The zero-order valence-electron chi connectivity index (χ0n) is 21.6. The van der Waals surface area contributed by atoms with Gasteiger partial charge in [-0.05, 0) is 37.5 Å². The van der Waals surface area contributed by atoms with Crippen LogP contribution in [-0.2, 0) is 28.3 Å². The predicted octanol–water partition coefficient (Wildman–Crippen LogP) is 4.92. The summed E-state index contributed by atoms with van der Waals surface area (Å²) in [6.45, 7) is 7.19. The van der Waals surface area contributed by atoms with Crippen molar-refractivity contribution < 1.29 is 14.6 Å². The Bertz CT molecular complexity index is 1540. The average molecular weight is 501 g/mol. The molecule has 0 bridgehead atoms. The van der Waals surface area contributed by atoms with Crippen LogP contribution in [0.5, 0.6) is 0 Å². The summed E-state index contributed by atoms with van der Waals surface area (Å²) < 4.78 is 6.95. The highest BCUT2D eigenvalue weighted by atomic mass is 16.6. The van der Waals surface area contributed by atoms with Crippen molar-refractivity contribution in [3.8, 4) is 11.4 Å². The number of aliphatic imine (C=N–C) groups is 1. The van der Waals surface area contributed by atoms with Gasteiger partial charge in [0, 0.05) is 24.1 Å². The molecule has 3 aliphatic rings. The first-order chi connectivity index (χ1) is 17.9. The van der Waals surface area contributed by atoms with E-state index in [0.29, 0.717) is 23.4 Å². The number of ether oxygens (including phenoxy) is 1. The Balaban J connectivity index is 1.61. The van der Waals surface area contributed by atoms with E-state index in [4.69, 9.17) is 14.7 Å². The molecule has 3 aromatic rings. The number of aromatic nitrogens is 2. The number of unbranched alkanes of at least 4 members (excludes halogenated alkanes) is 2. The summed E-state index contributed by atoms with van der Waals surface area (Å²) >= 11 is 0. The van der Waals surface area contributed by atoms with Gasteiger partial charge in [-0.1, -0.05) is 39.7 Å². The average Bonchev–Trinajstić information content (AvgIpc) is 3.27. The van der Waals surface area contributed by atoms with E-state index in [-0.39, 0.29) is 18.6 Å². The maximum atomic E-state index is 13.7. The van der Waals surface area contributed by atoms with Gasteiger partial charge >= 0.3 is 5.97 Å². The molecule has 192 valence electrons. The van der Waals surface area contributed by atoms with Crippen molar-refractivity contribution in [1.29, 1.82) is 0 Å². The number of esters is 1. The second-order valence-electron chi connectivity index (χ2n) is 10.2. The maximum Gasteiger partial charge on any atom is 0.343 e. The lowest BCUT2D eigenvalue weighted by molar-refractivity contribution is -0.172. The van der Waals surface area contributed by atoms with Crippen LogP contribution in [0.4, 0.5) is 11.4 Å². The van der Waals surface area contributed by atoms with Crippen LogP contribution in [0.15, 0.2) is 34.1 Å². The Morgan fingerprint density at radius 2 is 1.95 bits per heavy atom. The zero-order valence-corrected chi connectivity index (χ0v) is 21.6. The highest BCUT2D eigenvalue weighted by Gasteiger charge is 2.45. The van der Waals surface area contributed by atoms with Gasteiger partial charge in [0.05, 0.1) is 45.8 Å². The van der Waals surface area contributed by atoms with Crippen molar-refractivity contribution in [3.63, 3.8) is 0 Å². The van der Waals surface area contributed by atoms with Crippen LogP contribution in [-0.4, -0.2) is 33.0 Å². The molecule has 3 aliphatic heterocycles. The van der Waals surface area contributed by atoms with Crippen molar-refractivity contribution in [2.75, 3.05) is 11.4 Å². The van der Waals surface area contributed by atoms with Crippen LogP contribution in [0.25, 0.3) is 22.3 Å². The lowest BCUT2D eigenvalue weighted by Gasteiger charge is -2.33. The van der Waals surface area contributed by atoms with Gasteiger partial charge in [-0.2, -0.15) is 0 Å². The van der Waals surface area contributed by atoms with E-state index < -0.39 is 11.6 Å². The molecule has 2 aromatic heterocycles. The Labute approximate surface area is 215 Å². The first kappa shape index (κ1) is 23.9. The standard InChI is InChI=1S/C29H32N4O4/c1-4-7-8-13-32-23(10-5-2)30-20-11-9-12-21-24(20)26(32)17-15-33-22(25(17)31-21)14-19-18(27(33)34)16-37-28(35)29(19,36)6-3/h9,11-12,14,36H,4-8,10,13,15-16H2,1-3H3. The molecule has 0 radical (unpaired) electrons. The number of rotatable bonds is 7. The molecule has 0 fully saturated rings. The largest absolute Gasteiger partial charge is 0.458 e. The van der Waals surface area contributed by atoms with E-state index in [1.165, 1.54) is 0 Å². The van der Waals surface area contributed by atoms with Crippen LogP contribution in [0, 0.1) is 0 Å². The van der Waals surface area contributed by atoms with Crippen molar-refractivity contribution in [3.05, 3.63) is 51.3 Å². The van der Waals surface area contributed by atoms with Crippen molar-refractivity contribution in [2.24, 2.45) is 4.99 Å². The number of hydrogen-bond acceptors (Lipinski definition) is 7. The van der Waals surface area contributed by atoms with Gasteiger partial charge in [-0.15, -0.1) is 0 Å². The number of cyclic esters (lactones) is 1. The van der Waals surface area contributed by atoms with Gasteiger partial charge in [0.1, 0.15) is 12.4 Å². The molecule has 5 heterocycles. The number of anilines is 1. The smallest absolute Gasteiger partial charge is 0.343 e. The van der Waals surface area contributed by atoms with Crippen LogP contribution in [0.2, 0.25) is 0 Å². The number of amidine groups is 1. The van der Waals surface area contributed by atoms with Crippen molar-refractivity contribution in [2.45, 2.75) is 78.0 Å². The zero-order chi connectivity index (χ0) is 25.9. The first-order valence-electron chi connectivity index (χ1n) is 13.4. The molecule has 1 unspecified atom stereocenters. The second kappa shape index (κ2) is 8.80. The molecular formula is C29H32N4O4. The summed E-state index contributed by atoms with van der Waals surface area (Å²) in [5, 5.41) is 12.2. The fourth-order valence-electron chi connectivity index (χ4n) is 5.98. The quantitative estimate of drug-likeness (QED) is 0.286. The fraction of sp³-hybridized carbons (Fsp3) is 0.448. The summed E-state index contributed by atoms with van der Waals surface area (Å²) in [6, 6.07) is 7.79. The summed E-state index contributed by atoms with van der Waals surface area (Å²) in [5.74, 6) is 0.341. The van der Waals surface area contributed by atoms with Gasteiger partial charge < -0.3 is 19.3 Å². The van der Waals surface area contributed by atoms with E-state index in [0.717, 1.165) is 78.0 Å². The Hall–Kier alpha value is -3.52. The van der Waals surface area contributed by atoms with Crippen LogP contribution in [0.1, 0.15) is 76.0 Å². The molecule has 8 nitrogen and oxygen atoms in total.